The molecule has 0 unspecified atom stereocenters. The summed E-state index contributed by atoms with van der Waals surface area (Å²) in [5.41, 5.74) is 0. The van der Waals surface area contributed by atoms with Crippen LogP contribution >= 0.6 is 0 Å². The molecule has 0 saturated carbocycles. The van der Waals surface area contributed by atoms with Crippen LogP contribution in [0.4, 0.5) is 0 Å². The van der Waals surface area contributed by atoms with Crippen molar-refractivity contribution in [1.82, 2.24) is 0 Å². The summed E-state index contributed by atoms with van der Waals surface area (Å²) in [4.78, 5) is 0. The second-order valence-electron chi connectivity index (χ2n) is 3.21. The fourth-order valence-electron chi connectivity index (χ4n) is 1.31. The maximum absolute atomic E-state index is 9.31. The highest BCUT2D eigenvalue weighted by Crippen LogP contribution is 2.21. The lowest BCUT2D eigenvalue weighted by Crippen LogP contribution is -2.61. The van der Waals surface area contributed by atoms with E-state index in [1.54, 1.807) is 0 Å². The lowest BCUT2D eigenvalue weighted by molar-refractivity contribution is -0.298. The Labute approximate surface area is 79.8 Å². The molecule has 1 saturated heterocycles. The molecular weight excluding hydrogens is 196 g/mol. The van der Waals surface area contributed by atoms with Gasteiger partial charge in [-0.05, 0) is 0 Å². The highest BCUT2D eigenvalue weighted by Gasteiger charge is 2.45. The molecule has 0 radical (unpaired) electrons. The zero-order valence-corrected chi connectivity index (χ0v) is 7.26. The van der Waals surface area contributed by atoms with Gasteiger partial charge in [0.15, 0.2) is 6.29 Å². The van der Waals surface area contributed by atoms with Crippen molar-refractivity contribution in [2.24, 2.45) is 0 Å². The molecule has 7 heteroatoms. The van der Waals surface area contributed by atoms with Gasteiger partial charge in [0.05, 0.1) is 6.61 Å². The lowest BCUT2D eigenvalue weighted by atomic mass is 9.96. The Morgan fingerprint density at radius 1 is 1.00 bits per heavy atom. The molecule has 6 N–H and O–H groups in total. The number of aliphatic hydroxyl groups excluding tert-OH is 6. The van der Waals surface area contributed by atoms with Gasteiger partial charge in [-0.2, -0.15) is 0 Å². The monoisotopic (exact) mass is 210 g/mol. The van der Waals surface area contributed by atoms with Crippen molar-refractivity contribution in [3.63, 3.8) is 0 Å². The van der Waals surface area contributed by atoms with Gasteiger partial charge in [-0.15, -0.1) is 0 Å². The number of hydrogen-bond acceptors (Lipinski definition) is 7. The predicted octanol–water partition coefficient (Wildman–Crippen LogP) is -3.86. The van der Waals surface area contributed by atoms with E-state index in [2.05, 4.69) is 4.74 Å². The van der Waals surface area contributed by atoms with E-state index < -0.39 is 43.4 Å². The van der Waals surface area contributed by atoms with E-state index in [0.29, 0.717) is 0 Å². The second-order valence-corrected chi connectivity index (χ2v) is 3.21. The van der Waals surface area contributed by atoms with Crippen LogP contribution in [0.1, 0.15) is 0 Å². The number of ether oxygens (including phenoxy) is 1. The maximum Gasteiger partial charge on any atom is 0.184 e. The molecule has 0 spiro atoms. The summed E-state index contributed by atoms with van der Waals surface area (Å²) in [7, 11) is 0. The third-order valence-corrected chi connectivity index (χ3v) is 2.19. The Kier molecular flexibility index (Phi) is 3.78. The lowest BCUT2D eigenvalue weighted by Gasteiger charge is -2.39. The summed E-state index contributed by atoms with van der Waals surface area (Å²) < 4.78 is 4.62. The Balaban J connectivity index is 2.70. The van der Waals surface area contributed by atoms with Gasteiger partial charge in [-0.25, -0.2) is 0 Å². The maximum atomic E-state index is 9.31. The quantitative estimate of drug-likeness (QED) is 0.275. The highest BCUT2D eigenvalue weighted by atomic mass is 16.6. The van der Waals surface area contributed by atoms with E-state index in [1.807, 2.05) is 0 Å². The summed E-state index contributed by atoms with van der Waals surface area (Å²) in [6.45, 7) is -0.683. The van der Waals surface area contributed by atoms with Crippen LogP contribution in [0.2, 0.25) is 0 Å². The minimum absolute atomic E-state index is 0.683. The number of hydrogen-bond donors (Lipinski definition) is 6. The summed E-state index contributed by atoms with van der Waals surface area (Å²) in [5, 5.41) is 54.3. The average molecular weight is 210 g/mol. The standard InChI is InChI=1S/C7H14O7/c8-1-2(9)6-4(11)3(10)5(12)7(13)14-6/h2-13H,1H2/t2-,3-,4+,5-,6-,7-/m0/s1. The Bertz CT molecular complexity index is 187. The summed E-state index contributed by atoms with van der Waals surface area (Å²) >= 11 is 0. The molecule has 14 heavy (non-hydrogen) atoms. The second kappa shape index (κ2) is 4.49. The first kappa shape index (κ1) is 11.8. The third kappa shape index (κ3) is 2.04. The molecular formula is C7H14O7. The first-order chi connectivity index (χ1) is 6.49. The molecule has 84 valence electrons. The van der Waals surface area contributed by atoms with Crippen molar-refractivity contribution < 1.29 is 35.4 Å². The van der Waals surface area contributed by atoms with E-state index in [1.165, 1.54) is 0 Å². The van der Waals surface area contributed by atoms with Gasteiger partial charge in [0, 0.05) is 0 Å². The van der Waals surface area contributed by atoms with Crippen molar-refractivity contribution in [3.8, 4) is 0 Å². The topological polar surface area (TPSA) is 131 Å². The molecule has 1 fully saturated rings. The molecule has 0 aromatic heterocycles. The summed E-state index contributed by atoms with van der Waals surface area (Å²) in [6.07, 6.45) is -9.26. The van der Waals surface area contributed by atoms with Gasteiger partial charge in [0.1, 0.15) is 30.5 Å². The Morgan fingerprint density at radius 2 is 1.57 bits per heavy atom. The van der Waals surface area contributed by atoms with Crippen LogP contribution in [-0.2, 0) is 4.74 Å². The van der Waals surface area contributed by atoms with Gasteiger partial charge in [0.2, 0.25) is 0 Å². The van der Waals surface area contributed by atoms with Crippen LogP contribution in [0.5, 0.6) is 0 Å². The van der Waals surface area contributed by atoms with E-state index in [9.17, 15) is 10.2 Å². The molecule has 1 heterocycles. The molecule has 0 aliphatic carbocycles. The van der Waals surface area contributed by atoms with Gasteiger partial charge < -0.3 is 35.4 Å². The third-order valence-electron chi connectivity index (χ3n) is 2.19. The molecule has 0 aromatic rings. The number of rotatable bonds is 2. The van der Waals surface area contributed by atoms with Gasteiger partial charge in [-0.3, -0.25) is 0 Å². The molecule has 1 rings (SSSR count). The molecule has 1 aliphatic rings. The van der Waals surface area contributed by atoms with Crippen molar-refractivity contribution in [2.75, 3.05) is 6.61 Å². The van der Waals surface area contributed by atoms with Gasteiger partial charge in [-0.1, -0.05) is 0 Å². The van der Waals surface area contributed by atoms with E-state index in [4.69, 9.17) is 20.4 Å². The van der Waals surface area contributed by atoms with Crippen LogP contribution in [0.25, 0.3) is 0 Å². The minimum atomic E-state index is -1.69. The van der Waals surface area contributed by atoms with Crippen LogP contribution in [0.15, 0.2) is 0 Å². The van der Waals surface area contributed by atoms with Crippen molar-refractivity contribution in [1.29, 1.82) is 0 Å². The molecule has 0 amide bonds. The zero-order chi connectivity index (χ0) is 10.9. The van der Waals surface area contributed by atoms with Crippen molar-refractivity contribution in [3.05, 3.63) is 0 Å². The van der Waals surface area contributed by atoms with Crippen molar-refractivity contribution in [2.45, 2.75) is 36.8 Å². The van der Waals surface area contributed by atoms with Crippen molar-refractivity contribution >= 4 is 0 Å². The summed E-state index contributed by atoms with van der Waals surface area (Å²) in [6, 6.07) is 0. The van der Waals surface area contributed by atoms with Gasteiger partial charge >= 0.3 is 0 Å². The fourth-order valence-corrected chi connectivity index (χ4v) is 1.31. The average Bonchev–Trinajstić information content (AvgIpc) is 2.19. The molecule has 0 bridgehead atoms. The molecule has 7 nitrogen and oxygen atoms in total. The molecule has 0 aromatic carbocycles. The first-order valence-electron chi connectivity index (χ1n) is 4.15. The number of aliphatic hydroxyl groups is 6. The molecule has 1 aliphatic heterocycles. The minimum Gasteiger partial charge on any atom is -0.394 e. The molecule has 6 atom stereocenters. The Morgan fingerprint density at radius 3 is 2.07 bits per heavy atom. The van der Waals surface area contributed by atoms with Crippen LogP contribution in [-0.4, -0.2) is 74.1 Å². The van der Waals surface area contributed by atoms with Crippen LogP contribution in [0, 0.1) is 0 Å². The fraction of sp³-hybridized carbons (Fsp3) is 1.00. The zero-order valence-electron chi connectivity index (χ0n) is 7.26. The van der Waals surface area contributed by atoms with Gasteiger partial charge in [0.25, 0.3) is 0 Å². The SMILES string of the molecule is OC[C@H](O)[C@@H]1O[C@H](O)[C@@H](O)[C@@H](O)[C@H]1O. The van der Waals surface area contributed by atoms with Crippen LogP contribution < -0.4 is 0 Å². The highest BCUT2D eigenvalue weighted by molar-refractivity contribution is 4.91. The van der Waals surface area contributed by atoms with E-state index >= 15 is 0 Å². The largest absolute Gasteiger partial charge is 0.394 e. The normalized spacial score (nSPS) is 46.3. The van der Waals surface area contributed by atoms with E-state index in [0.717, 1.165) is 0 Å². The van der Waals surface area contributed by atoms with E-state index in [-0.39, 0.29) is 0 Å². The smallest absolute Gasteiger partial charge is 0.184 e. The van der Waals surface area contributed by atoms with Crippen LogP contribution in [0.3, 0.4) is 0 Å². The first-order valence-corrected chi connectivity index (χ1v) is 4.15. The predicted molar refractivity (Wildman–Crippen MR) is 42.0 cm³/mol. The summed E-state index contributed by atoms with van der Waals surface area (Å²) in [5.74, 6) is 0. The Hall–Kier alpha value is -0.280.